The summed E-state index contributed by atoms with van der Waals surface area (Å²) >= 11 is 0. The van der Waals surface area contributed by atoms with Crippen molar-refractivity contribution in [2.75, 3.05) is 11.9 Å². The zero-order valence-electron chi connectivity index (χ0n) is 14.0. The third-order valence-corrected chi connectivity index (χ3v) is 5.26. The van der Waals surface area contributed by atoms with Gasteiger partial charge in [-0.15, -0.1) is 0 Å². The van der Waals surface area contributed by atoms with Crippen LogP contribution in [-0.2, 0) is 19.7 Å². The van der Waals surface area contributed by atoms with Gasteiger partial charge >= 0.3 is 0 Å². The first-order valence-corrected chi connectivity index (χ1v) is 8.15. The molecule has 0 aromatic heterocycles. The molecule has 6 heteroatoms. The van der Waals surface area contributed by atoms with Crippen LogP contribution in [0.5, 0.6) is 0 Å². The summed E-state index contributed by atoms with van der Waals surface area (Å²) in [6, 6.07) is 9.24. The molecule has 0 saturated carbocycles. The van der Waals surface area contributed by atoms with Gasteiger partial charge in [0.15, 0.2) is 5.78 Å². The van der Waals surface area contributed by atoms with Crippen LogP contribution in [0.2, 0.25) is 0 Å². The van der Waals surface area contributed by atoms with Crippen molar-refractivity contribution in [1.29, 1.82) is 5.26 Å². The largest absolute Gasteiger partial charge is 0.444 e. The van der Waals surface area contributed by atoms with Gasteiger partial charge in [-0.25, -0.2) is 0 Å². The van der Waals surface area contributed by atoms with E-state index in [1.807, 2.05) is 19.1 Å². The van der Waals surface area contributed by atoms with Gasteiger partial charge in [0.1, 0.15) is 22.8 Å². The number of amides is 1. The molecule has 2 aliphatic heterocycles. The van der Waals surface area contributed by atoms with E-state index in [9.17, 15) is 14.9 Å². The number of allylic oxidation sites excluding steroid dienone is 1. The molecule has 25 heavy (non-hydrogen) atoms. The van der Waals surface area contributed by atoms with E-state index in [-0.39, 0.29) is 34.6 Å². The van der Waals surface area contributed by atoms with Gasteiger partial charge in [-0.2, -0.15) is 5.26 Å². The molecule has 0 fully saturated rings. The van der Waals surface area contributed by atoms with Gasteiger partial charge in [0.2, 0.25) is 11.8 Å². The van der Waals surface area contributed by atoms with Gasteiger partial charge in [-0.05, 0) is 12.0 Å². The van der Waals surface area contributed by atoms with Gasteiger partial charge in [0, 0.05) is 31.1 Å². The number of likely N-dealkylation sites (N-methyl/N-ethyl adjacent to an activating group) is 1. The van der Waals surface area contributed by atoms with Crippen molar-refractivity contribution < 1.29 is 14.3 Å². The molecule has 0 saturated heterocycles. The van der Waals surface area contributed by atoms with Gasteiger partial charge in [-0.1, -0.05) is 25.1 Å². The summed E-state index contributed by atoms with van der Waals surface area (Å²) in [4.78, 5) is 27.8. The lowest BCUT2D eigenvalue weighted by Gasteiger charge is -2.38. The third-order valence-electron chi connectivity index (χ3n) is 5.26. The minimum Gasteiger partial charge on any atom is -0.444 e. The number of fused-ring (bicyclic) bond motifs is 3. The SMILES string of the molecule is CC1CC(=O)C2=C(C1)OC(N)=C(C#N)C21C(=O)N(C)c2ccccc21. The summed E-state index contributed by atoms with van der Waals surface area (Å²) < 4.78 is 5.64. The molecule has 3 aliphatic rings. The second-order valence-electron chi connectivity index (χ2n) is 6.82. The first-order chi connectivity index (χ1) is 11.9. The quantitative estimate of drug-likeness (QED) is 0.781. The molecule has 1 aliphatic carbocycles. The number of Topliss-reactive ketones (excluding diaryl/α,β-unsaturated/α-hetero) is 1. The Kier molecular flexibility index (Phi) is 3.07. The van der Waals surface area contributed by atoms with Crippen molar-refractivity contribution in [3.63, 3.8) is 0 Å². The lowest BCUT2D eigenvalue weighted by molar-refractivity contribution is -0.125. The molecule has 126 valence electrons. The van der Waals surface area contributed by atoms with Crippen LogP contribution in [0.3, 0.4) is 0 Å². The van der Waals surface area contributed by atoms with Crippen LogP contribution in [0.1, 0.15) is 25.3 Å². The normalized spacial score (nSPS) is 28.0. The van der Waals surface area contributed by atoms with Crippen molar-refractivity contribution in [3.05, 3.63) is 52.6 Å². The Bertz CT molecular complexity index is 937. The van der Waals surface area contributed by atoms with Crippen LogP contribution in [0.15, 0.2) is 47.1 Å². The van der Waals surface area contributed by atoms with E-state index in [2.05, 4.69) is 0 Å². The fourth-order valence-electron chi connectivity index (χ4n) is 4.25. The van der Waals surface area contributed by atoms with Crippen LogP contribution in [0.4, 0.5) is 5.69 Å². The van der Waals surface area contributed by atoms with Crippen molar-refractivity contribution in [2.45, 2.75) is 25.2 Å². The maximum atomic E-state index is 13.4. The summed E-state index contributed by atoms with van der Waals surface area (Å²) in [5.74, 6) is -0.0797. The van der Waals surface area contributed by atoms with E-state index >= 15 is 0 Å². The molecule has 1 spiro atoms. The minimum absolute atomic E-state index is 0.00375. The van der Waals surface area contributed by atoms with E-state index in [4.69, 9.17) is 10.5 Å². The Labute approximate surface area is 145 Å². The van der Waals surface area contributed by atoms with Gasteiger partial charge in [-0.3, -0.25) is 9.59 Å². The molecule has 0 bridgehead atoms. The highest BCUT2D eigenvalue weighted by Crippen LogP contribution is 2.55. The number of ketones is 1. The summed E-state index contributed by atoms with van der Waals surface area (Å²) in [7, 11) is 1.65. The standard InChI is InChI=1S/C19H17N3O3/c1-10-7-14(23)16-15(8-10)25-17(21)12(9-20)19(16)11-5-3-4-6-13(11)22(2)18(19)24/h3-6,10H,7-8,21H2,1-2H3. The van der Waals surface area contributed by atoms with Crippen LogP contribution in [0, 0.1) is 17.2 Å². The number of para-hydroxylation sites is 1. The summed E-state index contributed by atoms with van der Waals surface area (Å²) in [6.45, 7) is 1.95. The van der Waals surface area contributed by atoms with E-state index in [1.54, 1.807) is 25.2 Å². The van der Waals surface area contributed by atoms with Crippen LogP contribution < -0.4 is 10.6 Å². The fraction of sp³-hybridized carbons (Fsp3) is 0.316. The first-order valence-electron chi connectivity index (χ1n) is 8.15. The van der Waals surface area contributed by atoms with E-state index in [0.29, 0.717) is 29.9 Å². The molecule has 2 N–H and O–H groups in total. The second kappa shape index (κ2) is 4.96. The van der Waals surface area contributed by atoms with Crippen LogP contribution in [-0.4, -0.2) is 18.7 Å². The van der Waals surface area contributed by atoms with Crippen LogP contribution in [0.25, 0.3) is 0 Å². The maximum Gasteiger partial charge on any atom is 0.247 e. The highest BCUT2D eigenvalue weighted by Gasteiger charge is 2.61. The Balaban J connectivity index is 2.13. The highest BCUT2D eigenvalue weighted by molar-refractivity contribution is 6.19. The Morgan fingerprint density at radius 2 is 2.04 bits per heavy atom. The minimum atomic E-state index is -1.49. The smallest absolute Gasteiger partial charge is 0.247 e. The Hall–Kier alpha value is -3.07. The monoisotopic (exact) mass is 335 g/mol. The Morgan fingerprint density at radius 1 is 1.32 bits per heavy atom. The topological polar surface area (TPSA) is 96.4 Å². The fourth-order valence-corrected chi connectivity index (χ4v) is 4.25. The molecule has 6 nitrogen and oxygen atoms in total. The number of anilines is 1. The number of hydrogen-bond acceptors (Lipinski definition) is 5. The van der Waals surface area contributed by atoms with E-state index < -0.39 is 5.41 Å². The number of nitrogens with two attached hydrogens (primary N) is 1. The Morgan fingerprint density at radius 3 is 2.76 bits per heavy atom. The number of carbonyl (C=O) groups excluding carboxylic acids is 2. The maximum absolute atomic E-state index is 13.4. The van der Waals surface area contributed by atoms with Crippen molar-refractivity contribution in [3.8, 4) is 6.07 Å². The number of benzene rings is 1. The van der Waals surface area contributed by atoms with Gasteiger partial charge in [0.25, 0.3) is 0 Å². The number of nitrogens with zero attached hydrogens (tertiary/aromatic N) is 2. The second-order valence-corrected chi connectivity index (χ2v) is 6.82. The lowest BCUT2D eigenvalue weighted by atomic mass is 9.64. The van der Waals surface area contributed by atoms with E-state index in [1.165, 1.54) is 4.90 Å². The van der Waals surface area contributed by atoms with Gasteiger partial charge in [0.05, 0.1) is 5.57 Å². The molecular weight excluding hydrogens is 318 g/mol. The summed E-state index contributed by atoms with van der Waals surface area (Å²) in [6.07, 6.45) is 0.836. The lowest BCUT2D eigenvalue weighted by Crippen LogP contribution is -2.48. The first kappa shape index (κ1) is 15.5. The predicted octanol–water partition coefficient (Wildman–Crippen LogP) is 1.88. The van der Waals surface area contributed by atoms with Gasteiger partial charge < -0.3 is 15.4 Å². The number of hydrogen-bond donors (Lipinski definition) is 1. The molecule has 4 rings (SSSR count). The van der Waals surface area contributed by atoms with Crippen molar-refractivity contribution in [2.24, 2.45) is 11.7 Å². The highest BCUT2D eigenvalue weighted by atomic mass is 16.5. The average Bonchev–Trinajstić information content (AvgIpc) is 2.78. The van der Waals surface area contributed by atoms with Crippen LogP contribution >= 0.6 is 0 Å². The third kappa shape index (κ3) is 1.73. The number of ether oxygens (including phenoxy) is 1. The molecule has 2 unspecified atom stereocenters. The zero-order valence-corrected chi connectivity index (χ0v) is 14.0. The van der Waals surface area contributed by atoms with E-state index in [0.717, 1.165) is 0 Å². The van der Waals surface area contributed by atoms with Crippen molar-refractivity contribution in [1.82, 2.24) is 0 Å². The summed E-state index contributed by atoms with van der Waals surface area (Å²) in [5.41, 5.74) is 6.09. The molecule has 2 heterocycles. The average molecular weight is 335 g/mol. The predicted molar refractivity (Wildman–Crippen MR) is 89.9 cm³/mol. The molecular formula is C19H17N3O3. The molecule has 1 amide bonds. The molecule has 2 atom stereocenters. The zero-order chi connectivity index (χ0) is 17.9. The molecule has 0 radical (unpaired) electrons. The molecule has 1 aromatic carbocycles. The molecule has 1 aromatic rings. The summed E-state index contributed by atoms with van der Waals surface area (Å²) in [5, 5.41) is 9.77. The number of rotatable bonds is 0. The number of carbonyl (C=O) groups is 2. The number of nitriles is 1. The van der Waals surface area contributed by atoms with Crippen molar-refractivity contribution >= 4 is 17.4 Å².